The van der Waals surface area contributed by atoms with E-state index in [-0.39, 0.29) is 12.2 Å². The van der Waals surface area contributed by atoms with E-state index in [0.717, 1.165) is 12.1 Å². The van der Waals surface area contributed by atoms with E-state index < -0.39 is 38.6 Å². The fraction of sp³-hybridized carbons (Fsp3) is 0.429. The summed E-state index contributed by atoms with van der Waals surface area (Å²) in [5.74, 6) is -0.0428. The minimum atomic E-state index is -4.86. The molecule has 2 N–H and O–H groups in total. The van der Waals surface area contributed by atoms with Crippen molar-refractivity contribution in [2.24, 2.45) is 0 Å². The summed E-state index contributed by atoms with van der Waals surface area (Å²) in [5.41, 5.74) is -0.989. The van der Waals surface area contributed by atoms with Crippen LogP contribution in [0.5, 0.6) is 0 Å². The molecular weight excluding hydrogens is 461 g/mol. The summed E-state index contributed by atoms with van der Waals surface area (Å²) >= 11 is 0. The highest BCUT2D eigenvalue weighted by Gasteiger charge is 2.37. The summed E-state index contributed by atoms with van der Waals surface area (Å²) in [6, 6.07) is 5.77. The molecule has 12 heteroatoms. The van der Waals surface area contributed by atoms with Gasteiger partial charge in [-0.15, -0.1) is 0 Å². The molecule has 1 fully saturated rings. The van der Waals surface area contributed by atoms with Crippen LogP contribution in [-0.2, 0) is 25.7 Å². The van der Waals surface area contributed by atoms with Gasteiger partial charge in [0.15, 0.2) is 0 Å². The van der Waals surface area contributed by atoms with Crippen molar-refractivity contribution in [3.05, 3.63) is 48.2 Å². The molecule has 1 amide bonds. The molecule has 3 atom stereocenters. The predicted octanol–water partition coefficient (Wildman–Crippen LogP) is 3.02. The second-order valence-electron chi connectivity index (χ2n) is 7.89. The molecule has 1 aliphatic heterocycles. The van der Waals surface area contributed by atoms with E-state index in [0.29, 0.717) is 30.7 Å². The Morgan fingerprint density at radius 3 is 2.36 bits per heavy atom. The van der Waals surface area contributed by atoms with Crippen LogP contribution in [0.15, 0.2) is 47.5 Å². The zero-order chi connectivity index (χ0) is 24.4. The highest BCUT2D eigenvalue weighted by atomic mass is 32.2. The number of carbonyl (C=O) groups excluding carboxylic acids is 1. The predicted molar refractivity (Wildman–Crippen MR) is 116 cm³/mol. The van der Waals surface area contributed by atoms with E-state index in [2.05, 4.69) is 15.2 Å². The van der Waals surface area contributed by atoms with Crippen LogP contribution in [0.4, 0.5) is 24.7 Å². The molecule has 1 aromatic heterocycles. The van der Waals surface area contributed by atoms with Gasteiger partial charge in [-0.3, -0.25) is 4.79 Å². The van der Waals surface area contributed by atoms with Crippen LogP contribution in [0.2, 0.25) is 0 Å². The van der Waals surface area contributed by atoms with Gasteiger partial charge in [0.1, 0.15) is 5.82 Å². The number of aromatic nitrogens is 1. The third kappa shape index (κ3) is 6.21. The number of nitrogens with zero attached hydrogens (tertiary/aromatic N) is 2. The molecule has 180 valence electrons. The topological polar surface area (TPSA) is 101 Å². The fourth-order valence-electron chi connectivity index (χ4n) is 3.55. The van der Waals surface area contributed by atoms with Crippen molar-refractivity contribution in [1.29, 1.82) is 0 Å². The number of sulfonamides is 1. The lowest BCUT2D eigenvalue weighted by Crippen LogP contribution is -2.45. The summed E-state index contributed by atoms with van der Waals surface area (Å²) in [6.45, 7) is 6.50. The van der Waals surface area contributed by atoms with Crippen molar-refractivity contribution < 1.29 is 31.1 Å². The maximum absolute atomic E-state index is 13.2. The summed E-state index contributed by atoms with van der Waals surface area (Å²) in [4.78, 5) is 17.9. The lowest BCUT2D eigenvalue weighted by atomic mass is 10.2. The minimum absolute atomic E-state index is 0.0475. The number of alkyl halides is 3. The number of pyridine rings is 1. The number of nitrogens with one attached hydrogen (secondary N) is 2. The average molecular weight is 487 g/mol. The minimum Gasteiger partial charge on any atom is -0.372 e. The first-order valence-electron chi connectivity index (χ1n) is 10.2. The molecular formula is C21H25F3N4O4S. The van der Waals surface area contributed by atoms with Crippen molar-refractivity contribution in [2.45, 2.75) is 50.1 Å². The van der Waals surface area contributed by atoms with Gasteiger partial charge < -0.3 is 15.0 Å². The van der Waals surface area contributed by atoms with Gasteiger partial charge in [0, 0.05) is 13.1 Å². The number of benzene rings is 1. The van der Waals surface area contributed by atoms with Gasteiger partial charge in [0.25, 0.3) is 0 Å². The normalized spacial score (nSPS) is 20.4. The number of carbonyl (C=O) groups is 1. The van der Waals surface area contributed by atoms with Gasteiger partial charge in [-0.25, -0.2) is 13.4 Å². The van der Waals surface area contributed by atoms with Gasteiger partial charge >= 0.3 is 6.18 Å². The van der Waals surface area contributed by atoms with E-state index >= 15 is 0 Å². The van der Waals surface area contributed by atoms with Crippen molar-refractivity contribution in [3.8, 4) is 0 Å². The van der Waals surface area contributed by atoms with E-state index in [1.165, 1.54) is 19.2 Å². The van der Waals surface area contributed by atoms with Crippen LogP contribution in [0.25, 0.3) is 0 Å². The molecule has 0 spiro atoms. The van der Waals surface area contributed by atoms with Gasteiger partial charge in [0.05, 0.1) is 40.6 Å². The maximum atomic E-state index is 13.2. The maximum Gasteiger partial charge on any atom is 0.417 e. The molecule has 33 heavy (non-hydrogen) atoms. The van der Waals surface area contributed by atoms with E-state index in [1.54, 1.807) is 12.1 Å². The molecule has 1 saturated heterocycles. The van der Waals surface area contributed by atoms with Gasteiger partial charge in [-0.2, -0.15) is 17.9 Å². The zero-order valence-electron chi connectivity index (χ0n) is 18.3. The second-order valence-corrected chi connectivity index (χ2v) is 9.58. The number of ether oxygens (including phenoxy) is 1. The molecule has 0 saturated carbocycles. The van der Waals surface area contributed by atoms with Gasteiger partial charge in [-0.1, -0.05) is 12.1 Å². The Morgan fingerprint density at radius 1 is 1.15 bits per heavy atom. The number of hydrogen-bond acceptors (Lipinski definition) is 6. The molecule has 3 rings (SSSR count). The van der Waals surface area contributed by atoms with Crippen LogP contribution < -0.4 is 14.9 Å². The summed E-state index contributed by atoms with van der Waals surface area (Å²) in [7, 11) is -4.61. The Kier molecular flexibility index (Phi) is 7.29. The van der Waals surface area contributed by atoms with Gasteiger partial charge in [0.2, 0.25) is 15.9 Å². The van der Waals surface area contributed by atoms with Crippen LogP contribution in [0, 0.1) is 0 Å². The molecule has 1 aromatic carbocycles. The standard InChI is InChI=1S/C21H25F3N4O4S/c1-13-11-28(12-14(2)32-13)19-9-8-16(10-25-19)26-20(29)15(3)27-33(30,31)18-7-5-4-6-17(18)21(22,23)24/h4-10,13-15,27H,11-12H2,1-3H3,(H,26,29)/t13?,14?,15-/m0/s1. The summed E-state index contributed by atoms with van der Waals surface area (Å²) < 4.78 is 72.3. The number of hydrogen-bond donors (Lipinski definition) is 2. The zero-order valence-corrected chi connectivity index (χ0v) is 19.1. The Bertz CT molecular complexity index is 1080. The Labute approximate surface area is 190 Å². The van der Waals surface area contributed by atoms with E-state index in [4.69, 9.17) is 4.74 Å². The molecule has 2 unspecified atom stereocenters. The Hall–Kier alpha value is -2.70. The molecule has 0 bridgehead atoms. The van der Waals surface area contributed by atoms with Crippen molar-refractivity contribution in [2.75, 3.05) is 23.3 Å². The quantitative estimate of drug-likeness (QED) is 0.651. The summed E-state index contributed by atoms with van der Waals surface area (Å²) in [5, 5.41) is 2.51. The number of halogens is 3. The second kappa shape index (κ2) is 9.65. The molecule has 2 aromatic rings. The van der Waals surface area contributed by atoms with E-state index in [1.807, 2.05) is 18.6 Å². The lowest BCUT2D eigenvalue weighted by molar-refractivity contribution is -0.139. The van der Waals surface area contributed by atoms with Gasteiger partial charge in [-0.05, 0) is 45.0 Å². The van der Waals surface area contributed by atoms with Crippen molar-refractivity contribution in [1.82, 2.24) is 9.71 Å². The first-order chi connectivity index (χ1) is 15.4. The number of morpholine rings is 1. The van der Waals surface area contributed by atoms with Crippen LogP contribution in [0.3, 0.4) is 0 Å². The lowest BCUT2D eigenvalue weighted by Gasteiger charge is -2.36. The molecule has 0 radical (unpaired) electrons. The Balaban J connectivity index is 1.66. The molecule has 1 aliphatic rings. The Morgan fingerprint density at radius 2 is 1.79 bits per heavy atom. The number of amides is 1. The smallest absolute Gasteiger partial charge is 0.372 e. The van der Waals surface area contributed by atoms with Crippen LogP contribution in [-0.4, -0.2) is 50.6 Å². The fourth-order valence-corrected chi connectivity index (χ4v) is 4.98. The van der Waals surface area contributed by atoms with Crippen molar-refractivity contribution in [3.63, 3.8) is 0 Å². The highest BCUT2D eigenvalue weighted by Crippen LogP contribution is 2.34. The highest BCUT2D eigenvalue weighted by molar-refractivity contribution is 7.89. The largest absolute Gasteiger partial charge is 0.417 e. The SMILES string of the molecule is CC1CN(c2ccc(NC(=O)[C@H](C)NS(=O)(=O)c3ccccc3C(F)(F)F)cn2)CC(C)O1. The van der Waals surface area contributed by atoms with Crippen LogP contribution >= 0.6 is 0 Å². The molecule has 0 aliphatic carbocycles. The van der Waals surface area contributed by atoms with Crippen LogP contribution in [0.1, 0.15) is 26.3 Å². The first-order valence-corrected chi connectivity index (χ1v) is 11.7. The van der Waals surface area contributed by atoms with Crippen molar-refractivity contribution >= 4 is 27.4 Å². The summed E-state index contributed by atoms with van der Waals surface area (Å²) in [6.07, 6.45) is -3.34. The molecule has 2 heterocycles. The number of rotatable bonds is 6. The average Bonchev–Trinajstić information content (AvgIpc) is 2.72. The van der Waals surface area contributed by atoms with E-state index in [9.17, 15) is 26.4 Å². The number of anilines is 2. The first kappa shape index (κ1) is 24.9. The third-order valence-corrected chi connectivity index (χ3v) is 6.57. The monoisotopic (exact) mass is 486 g/mol. The molecule has 8 nitrogen and oxygen atoms in total. The third-order valence-electron chi connectivity index (χ3n) is 4.97.